The van der Waals surface area contributed by atoms with Gasteiger partial charge >= 0.3 is 0 Å². The molecule has 0 spiro atoms. The molecule has 0 radical (unpaired) electrons. The Bertz CT molecular complexity index is 111. The number of ether oxygens (including phenoxy) is 1. The van der Waals surface area contributed by atoms with Gasteiger partial charge in [0.15, 0.2) is 0 Å². The average Bonchev–Trinajstić information content (AvgIpc) is 1.87. The van der Waals surface area contributed by atoms with Gasteiger partial charge in [-0.15, -0.1) is 0 Å². The normalized spacial score (nSPS) is 16.3. The van der Waals surface area contributed by atoms with Crippen molar-refractivity contribution >= 4 is 5.97 Å². The molecule has 0 fully saturated rings. The molecule has 3 nitrogen and oxygen atoms in total. The molecule has 0 saturated carbocycles. The lowest BCUT2D eigenvalue weighted by Crippen LogP contribution is -2.36. The van der Waals surface area contributed by atoms with Crippen molar-refractivity contribution in [3.63, 3.8) is 0 Å². The highest BCUT2D eigenvalue weighted by Crippen LogP contribution is 2.04. The maximum atomic E-state index is 10.2. The van der Waals surface area contributed by atoms with Crippen LogP contribution in [0.25, 0.3) is 0 Å². The van der Waals surface area contributed by atoms with Gasteiger partial charge in [0.05, 0.1) is 6.10 Å². The second-order valence-corrected chi connectivity index (χ2v) is 2.27. The summed E-state index contributed by atoms with van der Waals surface area (Å²) in [7, 11) is 0. The van der Waals surface area contributed by atoms with Crippen LogP contribution < -0.4 is 5.11 Å². The molecule has 0 aromatic heterocycles. The molecule has 3 heteroatoms. The van der Waals surface area contributed by atoms with Crippen LogP contribution in [0.15, 0.2) is 0 Å². The number of carboxylic acids is 1. The molecule has 0 saturated heterocycles. The first-order valence-electron chi connectivity index (χ1n) is 3.42. The summed E-state index contributed by atoms with van der Waals surface area (Å²) in [6.07, 6.45) is -0.255. The second-order valence-electron chi connectivity index (χ2n) is 2.27. The highest BCUT2D eigenvalue weighted by Gasteiger charge is 2.11. The summed E-state index contributed by atoms with van der Waals surface area (Å²) < 4.78 is 5.04. The van der Waals surface area contributed by atoms with Gasteiger partial charge in [-0.05, 0) is 13.8 Å². The average molecular weight is 145 g/mol. The van der Waals surface area contributed by atoms with Gasteiger partial charge in [0.1, 0.15) is 0 Å². The van der Waals surface area contributed by atoms with E-state index in [1.54, 1.807) is 13.8 Å². The van der Waals surface area contributed by atoms with Crippen molar-refractivity contribution in [1.82, 2.24) is 0 Å². The lowest BCUT2D eigenvalue weighted by molar-refractivity contribution is -0.313. The summed E-state index contributed by atoms with van der Waals surface area (Å²) in [4.78, 5) is 10.2. The predicted molar refractivity (Wildman–Crippen MR) is 35.3 cm³/mol. The number of hydrogen-bond acceptors (Lipinski definition) is 3. The van der Waals surface area contributed by atoms with Crippen molar-refractivity contribution in [2.45, 2.75) is 26.9 Å². The fraction of sp³-hybridized carbons (Fsp3) is 0.857. The summed E-state index contributed by atoms with van der Waals surface area (Å²) in [6.45, 7) is 5.68. The maximum Gasteiger partial charge on any atom is 0.0624 e. The van der Waals surface area contributed by atoms with Crippen LogP contribution in [0.2, 0.25) is 0 Å². The Morgan fingerprint density at radius 1 is 1.60 bits per heavy atom. The third-order valence-electron chi connectivity index (χ3n) is 1.51. The van der Waals surface area contributed by atoms with Crippen LogP contribution in [0, 0.1) is 5.92 Å². The topological polar surface area (TPSA) is 49.4 Å². The zero-order chi connectivity index (χ0) is 8.15. The van der Waals surface area contributed by atoms with Gasteiger partial charge in [-0.2, -0.15) is 0 Å². The quantitative estimate of drug-likeness (QED) is 0.550. The lowest BCUT2D eigenvalue weighted by Gasteiger charge is -2.20. The van der Waals surface area contributed by atoms with Crippen LogP contribution in [-0.4, -0.2) is 18.7 Å². The minimum atomic E-state index is -1.05. The standard InChI is InChI=1S/C7H14O3/c1-4-10-6(3)5(2)7(8)9/h5-6H,4H2,1-3H3,(H,8,9)/p-1. The Morgan fingerprint density at radius 3 is 2.40 bits per heavy atom. The highest BCUT2D eigenvalue weighted by atomic mass is 16.5. The van der Waals surface area contributed by atoms with E-state index in [0.29, 0.717) is 6.61 Å². The molecule has 0 aliphatic rings. The van der Waals surface area contributed by atoms with Crippen molar-refractivity contribution in [1.29, 1.82) is 0 Å². The molecule has 0 bridgehead atoms. The van der Waals surface area contributed by atoms with Crippen LogP contribution in [0.5, 0.6) is 0 Å². The monoisotopic (exact) mass is 145 g/mol. The van der Waals surface area contributed by atoms with E-state index < -0.39 is 11.9 Å². The summed E-state index contributed by atoms with van der Waals surface area (Å²) in [5.74, 6) is -1.58. The molecule has 0 aliphatic heterocycles. The largest absolute Gasteiger partial charge is 0.550 e. The minimum absolute atomic E-state index is 0.255. The summed E-state index contributed by atoms with van der Waals surface area (Å²) >= 11 is 0. The molecule has 60 valence electrons. The zero-order valence-electron chi connectivity index (χ0n) is 6.59. The SMILES string of the molecule is CCOC(C)C(C)C(=O)[O-]. The number of aliphatic carboxylic acids is 1. The Labute approximate surface area is 61.0 Å². The van der Waals surface area contributed by atoms with Crippen molar-refractivity contribution in [2.24, 2.45) is 5.92 Å². The summed E-state index contributed by atoms with van der Waals surface area (Å²) in [5.41, 5.74) is 0. The number of rotatable bonds is 4. The molecular weight excluding hydrogens is 132 g/mol. The molecule has 0 aliphatic carbocycles. The third-order valence-corrected chi connectivity index (χ3v) is 1.51. The van der Waals surface area contributed by atoms with E-state index in [1.807, 2.05) is 6.92 Å². The fourth-order valence-corrected chi connectivity index (χ4v) is 0.599. The molecule has 2 atom stereocenters. The first kappa shape index (κ1) is 9.43. The maximum absolute atomic E-state index is 10.2. The van der Waals surface area contributed by atoms with Crippen molar-refractivity contribution in [3.8, 4) is 0 Å². The van der Waals surface area contributed by atoms with E-state index >= 15 is 0 Å². The molecular formula is C7H13O3-. The van der Waals surface area contributed by atoms with Gasteiger partial charge in [-0.1, -0.05) is 6.92 Å². The molecule has 0 N–H and O–H groups in total. The van der Waals surface area contributed by atoms with Crippen molar-refractivity contribution < 1.29 is 14.6 Å². The van der Waals surface area contributed by atoms with Crippen LogP contribution >= 0.6 is 0 Å². The van der Waals surface area contributed by atoms with E-state index in [-0.39, 0.29) is 6.10 Å². The number of hydrogen-bond donors (Lipinski definition) is 0. The summed E-state index contributed by atoms with van der Waals surface area (Å²) in [6, 6.07) is 0. The predicted octanol–water partition coefficient (Wildman–Crippen LogP) is -0.203. The van der Waals surface area contributed by atoms with E-state index in [2.05, 4.69) is 0 Å². The Kier molecular flexibility index (Phi) is 4.03. The van der Waals surface area contributed by atoms with Gasteiger partial charge in [0.2, 0.25) is 0 Å². The van der Waals surface area contributed by atoms with Gasteiger partial charge < -0.3 is 14.6 Å². The van der Waals surface area contributed by atoms with Gasteiger partial charge in [0, 0.05) is 18.5 Å². The Hall–Kier alpha value is -0.570. The molecule has 10 heavy (non-hydrogen) atoms. The fourth-order valence-electron chi connectivity index (χ4n) is 0.599. The van der Waals surface area contributed by atoms with Crippen molar-refractivity contribution in [2.75, 3.05) is 6.61 Å². The van der Waals surface area contributed by atoms with E-state index in [0.717, 1.165) is 0 Å². The molecule has 0 aromatic rings. The first-order valence-corrected chi connectivity index (χ1v) is 3.42. The Balaban J connectivity index is 3.69. The first-order chi connectivity index (χ1) is 4.59. The van der Waals surface area contributed by atoms with Crippen LogP contribution in [0.3, 0.4) is 0 Å². The van der Waals surface area contributed by atoms with Gasteiger partial charge in [-0.25, -0.2) is 0 Å². The van der Waals surface area contributed by atoms with Gasteiger partial charge in [-0.3, -0.25) is 0 Å². The van der Waals surface area contributed by atoms with E-state index in [4.69, 9.17) is 4.74 Å². The van der Waals surface area contributed by atoms with E-state index in [1.165, 1.54) is 0 Å². The Morgan fingerprint density at radius 2 is 2.10 bits per heavy atom. The lowest BCUT2D eigenvalue weighted by atomic mass is 10.1. The van der Waals surface area contributed by atoms with Crippen LogP contribution in [-0.2, 0) is 9.53 Å². The molecule has 2 unspecified atom stereocenters. The second kappa shape index (κ2) is 4.28. The van der Waals surface area contributed by atoms with Crippen molar-refractivity contribution in [3.05, 3.63) is 0 Å². The molecule has 0 amide bonds. The number of carbonyl (C=O) groups is 1. The molecule has 0 heterocycles. The summed E-state index contributed by atoms with van der Waals surface area (Å²) in [5, 5.41) is 10.2. The molecule has 0 aromatic carbocycles. The number of carboxylic acid groups (broad SMARTS) is 1. The van der Waals surface area contributed by atoms with E-state index in [9.17, 15) is 9.90 Å². The van der Waals surface area contributed by atoms with Crippen LogP contribution in [0.1, 0.15) is 20.8 Å². The highest BCUT2D eigenvalue weighted by molar-refractivity contribution is 5.67. The number of carbonyl (C=O) groups excluding carboxylic acids is 1. The third kappa shape index (κ3) is 2.82. The van der Waals surface area contributed by atoms with Gasteiger partial charge in [0.25, 0.3) is 0 Å². The smallest absolute Gasteiger partial charge is 0.0624 e. The zero-order valence-corrected chi connectivity index (χ0v) is 6.59. The van der Waals surface area contributed by atoms with Crippen LogP contribution in [0.4, 0.5) is 0 Å². The minimum Gasteiger partial charge on any atom is -0.550 e. The molecule has 0 rings (SSSR count).